The van der Waals surface area contributed by atoms with E-state index in [1.165, 1.54) is 12.1 Å². The number of nitrogens with one attached hydrogen (secondary N) is 1. The zero-order valence-electron chi connectivity index (χ0n) is 8.49. The van der Waals surface area contributed by atoms with Gasteiger partial charge in [-0.05, 0) is 24.3 Å². The van der Waals surface area contributed by atoms with Gasteiger partial charge in [0.25, 0.3) is 0 Å². The molecule has 1 unspecified atom stereocenters. The molecule has 0 saturated carbocycles. The topological polar surface area (TPSA) is 35.5 Å². The molecule has 1 saturated heterocycles. The number of nitrogens with zero attached hydrogens (tertiary/aromatic N) is 1. The summed E-state index contributed by atoms with van der Waals surface area (Å²) in [6, 6.07) is 6.49. The van der Waals surface area contributed by atoms with Crippen LogP contribution in [-0.4, -0.2) is 37.4 Å². The van der Waals surface area contributed by atoms with E-state index in [4.69, 9.17) is 0 Å². The van der Waals surface area contributed by atoms with Crippen LogP contribution >= 0.6 is 0 Å². The third-order valence-electron chi connectivity index (χ3n) is 2.72. The minimum atomic E-state index is -0.227. The van der Waals surface area contributed by atoms with E-state index in [1.54, 1.807) is 12.1 Å². The Bertz CT molecular complexity index is 315. The van der Waals surface area contributed by atoms with Crippen LogP contribution in [-0.2, 0) is 0 Å². The number of hydrogen-bond acceptors (Lipinski definition) is 3. The molecule has 2 rings (SSSR count). The zero-order valence-corrected chi connectivity index (χ0v) is 8.49. The largest absolute Gasteiger partial charge is 0.394 e. The highest BCUT2D eigenvalue weighted by atomic mass is 19.1. The van der Waals surface area contributed by atoms with Crippen LogP contribution in [0.15, 0.2) is 24.3 Å². The Labute approximate surface area is 88.5 Å². The summed E-state index contributed by atoms with van der Waals surface area (Å²) in [6.07, 6.45) is 0. The van der Waals surface area contributed by atoms with Gasteiger partial charge in [0, 0.05) is 25.3 Å². The van der Waals surface area contributed by atoms with Gasteiger partial charge in [0.2, 0.25) is 0 Å². The second-order valence-corrected chi connectivity index (χ2v) is 3.71. The normalized spacial score (nSPS) is 21.7. The molecule has 2 N–H and O–H groups in total. The fourth-order valence-corrected chi connectivity index (χ4v) is 1.90. The van der Waals surface area contributed by atoms with Crippen molar-refractivity contribution < 1.29 is 9.50 Å². The molecular weight excluding hydrogens is 195 g/mol. The molecule has 1 aromatic carbocycles. The highest BCUT2D eigenvalue weighted by molar-refractivity contribution is 5.48. The van der Waals surface area contributed by atoms with Crippen LogP contribution in [0.4, 0.5) is 10.1 Å². The van der Waals surface area contributed by atoms with E-state index in [1.807, 2.05) is 0 Å². The number of aliphatic hydroxyl groups excluding tert-OH is 1. The number of piperazine rings is 1. The molecule has 0 aliphatic carbocycles. The van der Waals surface area contributed by atoms with E-state index in [-0.39, 0.29) is 18.5 Å². The summed E-state index contributed by atoms with van der Waals surface area (Å²) in [5.74, 6) is -0.227. The van der Waals surface area contributed by atoms with Crippen molar-refractivity contribution >= 4 is 5.69 Å². The molecule has 0 radical (unpaired) electrons. The van der Waals surface area contributed by atoms with Crippen LogP contribution in [0.25, 0.3) is 0 Å². The van der Waals surface area contributed by atoms with Crippen LogP contribution in [0, 0.1) is 5.82 Å². The summed E-state index contributed by atoms with van der Waals surface area (Å²) in [5, 5.41) is 12.4. The fourth-order valence-electron chi connectivity index (χ4n) is 1.90. The minimum absolute atomic E-state index is 0.0872. The summed E-state index contributed by atoms with van der Waals surface area (Å²) in [6.45, 7) is 2.63. The average molecular weight is 210 g/mol. The number of halogens is 1. The molecule has 0 amide bonds. The molecule has 82 valence electrons. The van der Waals surface area contributed by atoms with Crippen molar-refractivity contribution in [3.05, 3.63) is 30.1 Å². The first kappa shape index (κ1) is 10.4. The molecule has 1 heterocycles. The maximum absolute atomic E-state index is 12.8. The molecule has 0 spiro atoms. The van der Waals surface area contributed by atoms with Gasteiger partial charge in [-0.25, -0.2) is 4.39 Å². The van der Waals surface area contributed by atoms with Gasteiger partial charge in [0.1, 0.15) is 5.82 Å². The lowest BCUT2D eigenvalue weighted by Gasteiger charge is -2.36. The maximum Gasteiger partial charge on any atom is 0.123 e. The lowest BCUT2D eigenvalue weighted by Crippen LogP contribution is -2.53. The zero-order chi connectivity index (χ0) is 10.7. The number of anilines is 1. The van der Waals surface area contributed by atoms with Gasteiger partial charge in [-0.3, -0.25) is 0 Å². The SMILES string of the molecule is OCC1CNCCN1c1ccc(F)cc1. The summed E-state index contributed by atoms with van der Waals surface area (Å²) >= 11 is 0. The summed E-state index contributed by atoms with van der Waals surface area (Å²) in [5.41, 5.74) is 0.969. The van der Waals surface area contributed by atoms with Crippen LogP contribution < -0.4 is 10.2 Å². The summed E-state index contributed by atoms with van der Waals surface area (Å²) < 4.78 is 12.8. The van der Waals surface area contributed by atoms with E-state index in [0.29, 0.717) is 0 Å². The molecule has 1 aliphatic heterocycles. The van der Waals surface area contributed by atoms with Crippen molar-refractivity contribution in [1.29, 1.82) is 0 Å². The number of aliphatic hydroxyl groups is 1. The average Bonchev–Trinajstić information content (AvgIpc) is 2.30. The first-order valence-electron chi connectivity index (χ1n) is 5.15. The van der Waals surface area contributed by atoms with E-state index in [2.05, 4.69) is 10.2 Å². The molecule has 15 heavy (non-hydrogen) atoms. The van der Waals surface area contributed by atoms with E-state index < -0.39 is 0 Å². The Morgan fingerprint density at radius 1 is 1.40 bits per heavy atom. The Hall–Kier alpha value is -1.13. The van der Waals surface area contributed by atoms with Gasteiger partial charge >= 0.3 is 0 Å². The van der Waals surface area contributed by atoms with E-state index in [9.17, 15) is 9.50 Å². The molecule has 3 nitrogen and oxygen atoms in total. The van der Waals surface area contributed by atoms with Gasteiger partial charge < -0.3 is 15.3 Å². The van der Waals surface area contributed by atoms with Crippen molar-refractivity contribution in [2.45, 2.75) is 6.04 Å². The summed E-state index contributed by atoms with van der Waals surface area (Å²) in [4.78, 5) is 2.11. The first-order chi connectivity index (χ1) is 7.31. The van der Waals surface area contributed by atoms with Crippen molar-refractivity contribution in [1.82, 2.24) is 5.32 Å². The minimum Gasteiger partial charge on any atom is -0.394 e. The molecule has 1 aliphatic rings. The monoisotopic (exact) mass is 210 g/mol. The first-order valence-corrected chi connectivity index (χ1v) is 5.15. The Morgan fingerprint density at radius 2 is 2.13 bits per heavy atom. The molecule has 0 aromatic heterocycles. The van der Waals surface area contributed by atoms with Crippen molar-refractivity contribution in [3.63, 3.8) is 0 Å². The second kappa shape index (κ2) is 4.59. The van der Waals surface area contributed by atoms with Crippen LogP contribution in [0.1, 0.15) is 0 Å². The molecule has 1 fully saturated rings. The van der Waals surface area contributed by atoms with Crippen molar-refractivity contribution in [2.75, 3.05) is 31.1 Å². The Morgan fingerprint density at radius 3 is 2.80 bits per heavy atom. The second-order valence-electron chi connectivity index (χ2n) is 3.71. The summed E-state index contributed by atoms with van der Waals surface area (Å²) in [7, 11) is 0. The Kier molecular flexibility index (Phi) is 3.18. The highest BCUT2D eigenvalue weighted by Gasteiger charge is 2.21. The Balaban J connectivity index is 2.16. The van der Waals surface area contributed by atoms with Crippen LogP contribution in [0.2, 0.25) is 0 Å². The van der Waals surface area contributed by atoms with Gasteiger partial charge in [-0.15, -0.1) is 0 Å². The van der Waals surface area contributed by atoms with Crippen molar-refractivity contribution in [3.8, 4) is 0 Å². The molecule has 0 bridgehead atoms. The smallest absolute Gasteiger partial charge is 0.123 e. The van der Waals surface area contributed by atoms with Crippen LogP contribution in [0.5, 0.6) is 0 Å². The fraction of sp³-hybridized carbons (Fsp3) is 0.455. The van der Waals surface area contributed by atoms with Gasteiger partial charge in [-0.1, -0.05) is 0 Å². The molecule has 1 aromatic rings. The van der Waals surface area contributed by atoms with E-state index >= 15 is 0 Å². The molecular formula is C11H15FN2O. The van der Waals surface area contributed by atoms with Gasteiger partial charge in [0.05, 0.1) is 12.6 Å². The highest BCUT2D eigenvalue weighted by Crippen LogP contribution is 2.18. The standard InChI is InChI=1S/C11H15FN2O/c12-9-1-3-10(4-2-9)14-6-5-13-7-11(14)8-15/h1-4,11,13,15H,5-8H2. The third-order valence-corrected chi connectivity index (χ3v) is 2.72. The predicted octanol–water partition coefficient (Wildman–Crippen LogP) is 0.596. The maximum atomic E-state index is 12.8. The lowest BCUT2D eigenvalue weighted by atomic mass is 10.1. The number of benzene rings is 1. The lowest BCUT2D eigenvalue weighted by molar-refractivity contribution is 0.246. The number of hydrogen-bond donors (Lipinski definition) is 2. The van der Waals surface area contributed by atoms with Crippen molar-refractivity contribution in [2.24, 2.45) is 0 Å². The van der Waals surface area contributed by atoms with Gasteiger partial charge in [0.15, 0.2) is 0 Å². The molecule has 1 atom stereocenters. The number of rotatable bonds is 2. The third kappa shape index (κ3) is 2.27. The molecule has 4 heteroatoms. The van der Waals surface area contributed by atoms with Gasteiger partial charge in [-0.2, -0.15) is 0 Å². The van der Waals surface area contributed by atoms with E-state index in [0.717, 1.165) is 25.3 Å². The quantitative estimate of drug-likeness (QED) is 0.750. The van der Waals surface area contributed by atoms with Crippen LogP contribution in [0.3, 0.4) is 0 Å². The predicted molar refractivity (Wildman–Crippen MR) is 57.5 cm³/mol.